The lowest BCUT2D eigenvalue weighted by Crippen LogP contribution is -2.48. The first-order valence-corrected chi connectivity index (χ1v) is 7.62. The second-order valence-corrected chi connectivity index (χ2v) is 5.62. The summed E-state index contributed by atoms with van der Waals surface area (Å²) in [6, 6.07) is 3.84. The molecule has 0 aromatic carbocycles. The number of carbonyl (C=O) groups is 1. The van der Waals surface area contributed by atoms with Gasteiger partial charge in [0, 0.05) is 6.04 Å². The van der Waals surface area contributed by atoms with Gasteiger partial charge in [-0.2, -0.15) is 5.10 Å². The van der Waals surface area contributed by atoms with E-state index >= 15 is 0 Å². The number of hydrogen-bond donors (Lipinski definition) is 1. The second-order valence-electron chi connectivity index (χ2n) is 5.62. The van der Waals surface area contributed by atoms with Crippen LogP contribution in [0.3, 0.4) is 0 Å². The van der Waals surface area contributed by atoms with Gasteiger partial charge in [0.1, 0.15) is 18.4 Å². The normalized spacial score (nSPS) is 20.1. The first kappa shape index (κ1) is 14.8. The summed E-state index contributed by atoms with van der Waals surface area (Å²) in [6.07, 6.45) is 7.06. The van der Waals surface area contributed by atoms with Gasteiger partial charge in [-0.05, 0) is 38.4 Å². The number of nitrogens with one attached hydrogen (secondary N) is 1. The first-order chi connectivity index (χ1) is 10.7. The summed E-state index contributed by atoms with van der Waals surface area (Å²) < 4.78 is 7.06. The maximum absolute atomic E-state index is 12.3. The summed E-state index contributed by atoms with van der Waals surface area (Å²) in [5, 5.41) is 7.09. The quantitative estimate of drug-likeness (QED) is 0.863. The number of amides is 1. The van der Waals surface area contributed by atoms with Crippen molar-refractivity contribution in [2.75, 3.05) is 6.54 Å². The monoisotopic (exact) mass is 303 g/mol. The Labute approximate surface area is 129 Å². The van der Waals surface area contributed by atoms with Gasteiger partial charge in [0.2, 0.25) is 5.91 Å². The van der Waals surface area contributed by atoms with E-state index in [1.807, 2.05) is 23.7 Å². The van der Waals surface area contributed by atoms with Crippen LogP contribution in [-0.4, -0.2) is 44.2 Å². The lowest BCUT2D eigenvalue weighted by Gasteiger charge is -2.29. The summed E-state index contributed by atoms with van der Waals surface area (Å²) in [5.41, 5.74) is 0. The Morgan fingerprint density at radius 1 is 1.59 bits per heavy atom. The van der Waals surface area contributed by atoms with Gasteiger partial charge in [-0.25, -0.2) is 4.98 Å². The van der Waals surface area contributed by atoms with Crippen LogP contribution in [-0.2, 0) is 17.9 Å². The number of likely N-dealkylation sites (tertiary alicyclic amines) is 1. The van der Waals surface area contributed by atoms with Crippen molar-refractivity contribution < 1.29 is 9.21 Å². The second kappa shape index (κ2) is 6.74. The van der Waals surface area contributed by atoms with Crippen LogP contribution in [0.2, 0.25) is 0 Å². The highest BCUT2D eigenvalue weighted by molar-refractivity contribution is 5.81. The first-order valence-electron chi connectivity index (χ1n) is 7.62. The molecule has 0 spiro atoms. The smallest absolute Gasteiger partial charge is 0.237 e. The Hall–Kier alpha value is -2.15. The van der Waals surface area contributed by atoms with Crippen LogP contribution >= 0.6 is 0 Å². The van der Waals surface area contributed by atoms with E-state index < -0.39 is 0 Å². The van der Waals surface area contributed by atoms with Crippen molar-refractivity contribution in [1.82, 2.24) is 25.0 Å². The zero-order chi connectivity index (χ0) is 15.4. The molecule has 2 aromatic rings. The number of nitrogens with zero attached hydrogens (tertiary/aromatic N) is 4. The number of carbonyl (C=O) groups excluding carboxylic acids is 1. The van der Waals surface area contributed by atoms with Crippen molar-refractivity contribution in [3.05, 3.63) is 36.8 Å². The van der Waals surface area contributed by atoms with Crippen molar-refractivity contribution in [3.8, 4) is 0 Å². The van der Waals surface area contributed by atoms with E-state index in [2.05, 4.69) is 20.3 Å². The van der Waals surface area contributed by atoms with Gasteiger partial charge < -0.3 is 9.73 Å². The summed E-state index contributed by atoms with van der Waals surface area (Å²) >= 11 is 0. The predicted octanol–water partition coefficient (Wildman–Crippen LogP) is 1.04. The highest BCUT2D eigenvalue weighted by Gasteiger charge is 2.32. The van der Waals surface area contributed by atoms with Gasteiger partial charge in [-0.3, -0.25) is 14.4 Å². The van der Waals surface area contributed by atoms with Crippen LogP contribution in [0.5, 0.6) is 0 Å². The Morgan fingerprint density at radius 3 is 3.23 bits per heavy atom. The zero-order valence-corrected chi connectivity index (χ0v) is 12.7. The molecular weight excluding hydrogens is 282 g/mol. The Morgan fingerprint density at radius 2 is 2.50 bits per heavy atom. The molecule has 1 N–H and O–H groups in total. The highest BCUT2D eigenvalue weighted by Crippen LogP contribution is 2.21. The fourth-order valence-corrected chi connectivity index (χ4v) is 2.99. The van der Waals surface area contributed by atoms with Crippen molar-refractivity contribution in [2.45, 2.75) is 44.9 Å². The average Bonchev–Trinajstić information content (AvgIpc) is 3.27. The van der Waals surface area contributed by atoms with E-state index in [0.29, 0.717) is 12.6 Å². The van der Waals surface area contributed by atoms with Crippen LogP contribution in [0.25, 0.3) is 0 Å². The van der Waals surface area contributed by atoms with E-state index in [1.165, 1.54) is 0 Å². The molecule has 7 heteroatoms. The molecule has 0 bridgehead atoms. The van der Waals surface area contributed by atoms with Crippen LogP contribution in [0.4, 0.5) is 0 Å². The number of rotatable bonds is 6. The SMILES string of the molecule is C[C@H](C(=O)NCc1ccco1)N1CCC[C@H]1Cn1cncn1. The molecule has 0 saturated carbocycles. The topological polar surface area (TPSA) is 76.2 Å². The van der Waals surface area contributed by atoms with Gasteiger partial charge in [-0.1, -0.05) is 0 Å². The van der Waals surface area contributed by atoms with Crippen LogP contribution in [0.1, 0.15) is 25.5 Å². The van der Waals surface area contributed by atoms with E-state index in [1.54, 1.807) is 18.9 Å². The van der Waals surface area contributed by atoms with E-state index in [-0.39, 0.29) is 11.9 Å². The Balaban J connectivity index is 1.55. The molecule has 3 rings (SSSR count). The summed E-state index contributed by atoms with van der Waals surface area (Å²) in [6.45, 7) is 4.10. The summed E-state index contributed by atoms with van der Waals surface area (Å²) in [5.74, 6) is 0.794. The standard InChI is InChI=1S/C15H21N5O2/c1-12(15(21)17-8-14-5-3-7-22-14)20-6-2-4-13(20)9-19-11-16-10-18-19/h3,5,7,10-13H,2,4,6,8-9H2,1H3,(H,17,21)/t12-,13+/m1/s1. The van der Waals surface area contributed by atoms with Crippen molar-refractivity contribution >= 4 is 5.91 Å². The molecule has 1 amide bonds. The minimum absolute atomic E-state index is 0.0295. The van der Waals surface area contributed by atoms with Gasteiger partial charge >= 0.3 is 0 Å². The van der Waals surface area contributed by atoms with Gasteiger partial charge in [0.25, 0.3) is 0 Å². The fraction of sp³-hybridized carbons (Fsp3) is 0.533. The number of aromatic nitrogens is 3. The van der Waals surface area contributed by atoms with Crippen LogP contribution < -0.4 is 5.32 Å². The third kappa shape index (κ3) is 3.36. The van der Waals surface area contributed by atoms with Crippen molar-refractivity contribution in [2.24, 2.45) is 0 Å². The molecule has 1 fully saturated rings. The van der Waals surface area contributed by atoms with Gasteiger partial charge in [0.15, 0.2) is 0 Å². The Kier molecular flexibility index (Phi) is 4.53. The zero-order valence-electron chi connectivity index (χ0n) is 12.7. The fourth-order valence-electron chi connectivity index (χ4n) is 2.99. The molecule has 22 heavy (non-hydrogen) atoms. The molecule has 118 valence electrons. The van der Waals surface area contributed by atoms with Gasteiger partial charge in [0.05, 0.1) is 25.4 Å². The molecular formula is C15H21N5O2. The third-order valence-electron chi connectivity index (χ3n) is 4.18. The minimum Gasteiger partial charge on any atom is -0.467 e. The van der Waals surface area contributed by atoms with Gasteiger partial charge in [-0.15, -0.1) is 0 Å². The minimum atomic E-state index is -0.161. The Bertz CT molecular complexity index is 581. The van der Waals surface area contributed by atoms with E-state index in [0.717, 1.165) is 31.7 Å². The molecule has 2 atom stereocenters. The highest BCUT2D eigenvalue weighted by atomic mass is 16.3. The van der Waals surface area contributed by atoms with Crippen LogP contribution in [0, 0.1) is 0 Å². The van der Waals surface area contributed by atoms with E-state index in [4.69, 9.17) is 4.42 Å². The molecule has 2 aromatic heterocycles. The maximum atomic E-state index is 12.3. The largest absolute Gasteiger partial charge is 0.467 e. The number of furan rings is 1. The molecule has 1 aliphatic rings. The molecule has 1 aliphatic heterocycles. The molecule has 0 radical (unpaired) electrons. The van der Waals surface area contributed by atoms with E-state index in [9.17, 15) is 4.79 Å². The average molecular weight is 303 g/mol. The van der Waals surface area contributed by atoms with Crippen molar-refractivity contribution in [1.29, 1.82) is 0 Å². The summed E-state index contributed by atoms with van der Waals surface area (Å²) in [7, 11) is 0. The maximum Gasteiger partial charge on any atom is 0.237 e. The predicted molar refractivity (Wildman–Crippen MR) is 79.8 cm³/mol. The molecule has 3 heterocycles. The molecule has 7 nitrogen and oxygen atoms in total. The lowest BCUT2D eigenvalue weighted by atomic mass is 10.2. The third-order valence-corrected chi connectivity index (χ3v) is 4.18. The van der Waals surface area contributed by atoms with Crippen molar-refractivity contribution in [3.63, 3.8) is 0 Å². The lowest BCUT2D eigenvalue weighted by molar-refractivity contribution is -0.126. The summed E-state index contributed by atoms with van der Waals surface area (Å²) in [4.78, 5) is 18.6. The molecule has 0 unspecified atom stereocenters. The number of hydrogen-bond acceptors (Lipinski definition) is 5. The van der Waals surface area contributed by atoms with Crippen LogP contribution in [0.15, 0.2) is 35.5 Å². The molecule has 0 aliphatic carbocycles. The molecule has 1 saturated heterocycles.